The molecule has 0 unspecified atom stereocenters. The van der Waals surface area contributed by atoms with E-state index in [9.17, 15) is 18.0 Å². The Labute approximate surface area is 265 Å². The second-order valence-corrected chi connectivity index (χ2v) is 14.1. The third-order valence-corrected chi connectivity index (χ3v) is 9.60. The minimum Gasteiger partial charge on any atom is -0.352 e. The van der Waals surface area contributed by atoms with Gasteiger partial charge in [-0.25, -0.2) is 8.42 Å². The summed E-state index contributed by atoms with van der Waals surface area (Å²) in [6.07, 6.45) is 6.31. The molecule has 0 heterocycles. The Bertz CT molecular complexity index is 1540. The van der Waals surface area contributed by atoms with E-state index in [1.807, 2.05) is 49.4 Å². The number of rotatable bonds is 11. The van der Waals surface area contributed by atoms with Gasteiger partial charge in [0.05, 0.1) is 11.9 Å². The first-order valence-corrected chi connectivity index (χ1v) is 17.2. The molecule has 3 aromatic rings. The SMILES string of the molecule is Cc1ccc(C)c(N(CC(=O)N(Cc2ccc(Cl)cc2Cl)[C@H](Cc2ccccc2)C(=O)NC2CCCCC2)S(C)(=O)=O)c1. The molecule has 10 heteroatoms. The number of hydrogen-bond acceptors (Lipinski definition) is 4. The van der Waals surface area contributed by atoms with Crippen LogP contribution in [0.4, 0.5) is 5.69 Å². The number of amides is 2. The topological polar surface area (TPSA) is 86.8 Å². The van der Waals surface area contributed by atoms with Gasteiger partial charge in [-0.15, -0.1) is 0 Å². The lowest BCUT2D eigenvalue weighted by Crippen LogP contribution is -2.55. The number of carbonyl (C=O) groups is 2. The number of carbonyl (C=O) groups excluding carboxylic acids is 2. The fourth-order valence-electron chi connectivity index (χ4n) is 5.51. The van der Waals surface area contributed by atoms with Gasteiger partial charge in [-0.2, -0.15) is 0 Å². The molecule has 0 bridgehead atoms. The highest BCUT2D eigenvalue weighted by atomic mass is 35.5. The smallest absolute Gasteiger partial charge is 0.244 e. The van der Waals surface area contributed by atoms with Crippen LogP contribution in [-0.2, 0) is 32.6 Å². The van der Waals surface area contributed by atoms with Crippen LogP contribution < -0.4 is 9.62 Å². The lowest BCUT2D eigenvalue weighted by Gasteiger charge is -2.35. The lowest BCUT2D eigenvalue weighted by atomic mass is 9.94. The highest BCUT2D eigenvalue weighted by Crippen LogP contribution is 2.27. The number of hydrogen-bond donors (Lipinski definition) is 1. The van der Waals surface area contributed by atoms with E-state index in [1.165, 1.54) is 4.90 Å². The maximum absolute atomic E-state index is 14.4. The molecule has 1 N–H and O–H groups in total. The van der Waals surface area contributed by atoms with Crippen LogP contribution >= 0.6 is 23.2 Å². The first kappa shape index (κ1) is 32.8. The van der Waals surface area contributed by atoms with Gasteiger partial charge >= 0.3 is 0 Å². The molecule has 4 rings (SSSR count). The zero-order valence-corrected chi connectivity index (χ0v) is 27.2. The van der Waals surface area contributed by atoms with E-state index >= 15 is 0 Å². The Balaban J connectivity index is 1.76. The molecule has 0 saturated heterocycles. The molecule has 0 aliphatic heterocycles. The fraction of sp³-hybridized carbons (Fsp3) is 0.394. The van der Waals surface area contributed by atoms with E-state index in [4.69, 9.17) is 23.2 Å². The summed E-state index contributed by atoms with van der Waals surface area (Å²) in [7, 11) is -3.86. The molecule has 1 fully saturated rings. The number of anilines is 1. The normalized spacial score (nSPS) is 14.6. The number of sulfonamides is 1. The number of aryl methyl sites for hydroxylation is 2. The lowest BCUT2D eigenvalue weighted by molar-refractivity contribution is -0.140. The number of halogens is 2. The van der Waals surface area contributed by atoms with Crippen molar-refractivity contribution in [3.8, 4) is 0 Å². The predicted molar refractivity (Wildman–Crippen MR) is 174 cm³/mol. The Morgan fingerprint density at radius 1 is 0.953 bits per heavy atom. The molecule has 7 nitrogen and oxygen atoms in total. The molecular formula is C33H39Cl2N3O4S. The Kier molecular flexibility index (Phi) is 11.2. The second-order valence-electron chi connectivity index (χ2n) is 11.4. The average Bonchev–Trinajstić information content (AvgIpc) is 2.96. The Hall–Kier alpha value is -3.07. The first-order chi connectivity index (χ1) is 20.4. The van der Waals surface area contributed by atoms with Crippen LogP contribution in [0.1, 0.15) is 54.4 Å². The molecule has 1 saturated carbocycles. The highest BCUT2D eigenvalue weighted by Gasteiger charge is 2.34. The van der Waals surface area contributed by atoms with Crippen LogP contribution in [0.2, 0.25) is 10.0 Å². The molecule has 2 amide bonds. The van der Waals surface area contributed by atoms with Crippen LogP contribution in [0.25, 0.3) is 0 Å². The number of nitrogens with zero attached hydrogens (tertiary/aromatic N) is 2. The quantitative estimate of drug-likeness (QED) is 0.260. The average molecular weight is 645 g/mol. The van der Waals surface area contributed by atoms with E-state index in [0.717, 1.165) is 53.8 Å². The van der Waals surface area contributed by atoms with Gasteiger partial charge in [-0.3, -0.25) is 13.9 Å². The van der Waals surface area contributed by atoms with Crippen LogP contribution in [-0.4, -0.2) is 50.0 Å². The summed E-state index contributed by atoms with van der Waals surface area (Å²) < 4.78 is 27.3. The van der Waals surface area contributed by atoms with Crippen molar-refractivity contribution in [1.29, 1.82) is 0 Å². The van der Waals surface area contributed by atoms with E-state index < -0.39 is 28.5 Å². The first-order valence-electron chi connectivity index (χ1n) is 14.5. The number of nitrogens with one attached hydrogen (secondary N) is 1. The standard InChI is InChI=1S/C33H39Cl2N3O4S/c1-23-14-15-24(2)30(18-23)38(43(3,41)42)22-32(39)37(21-26-16-17-27(34)20-29(26)35)31(19-25-10-6-4-7-11-25)33(40)36-28-12-8-5-9-13-28/h4,6-7,10-11,14-18,20,28,31H,5,8-9,12-13,19,21-22H2,1-3H3,(H,36,40)/t31-/m1/s1. The van der Waals surface area contributed by atoms with E-state index in [-0.39, 0.29) is 24.9 Å². The summed E-state index contributed by atoms with van der Waals surface area (Å²) in [5, 5.41) is 3.99. The van der Waals surface area contributed by atoms with Gasteiger partial charge in [0.1, 0.15) is 12.6 Å². The third kappa shape index (κ3) is 8.97. The van der Waals surface area contributed by atoms with Crippen molar-refractivity contribution in [1.82, 2.24) is 10.2 Å². The van der Waals surface area contributed by atoms with Crippen molar-refractivity contribution in [3.63, 3.8) is 0 Å². The second kappa shape index (κ2) is 14.6. The van der Waals surface area contributed by atoms with Gasteiger partial charge < -0.3 is 10.2 Å². The van der Waals surface area contributed by atoms with Crippen molar-refractivity contribution in [2.75, 3.05) is 17.1 Å². The third-order valence-electron chi connectivity index (χ3n) is 7.89. The fourth-order valence-corrected chi connectivity index (χ4v) is 6.88. The summed E-state index contributed by atoms with van der Waals surface area (Å²) in [4.78, 5) is 29.9. The Morgan fingerprint density at radius 3 is 2.30 bits per heavy atom. The van der Waals surface area contributed by atoms with Crippen LogP contribution in [0.15, 0.2) is 66.7 Å². The van der Waals surface area contributed by atoms with Gasteiger partial charge in [0.25, 0.3) is 0 Å². The van der Waals surface area contributed by atoms with Crippen molar-refractivity contribution in [2.45, 2.75) is 71.0 Å². The van der Waals surface area contributed by atoms with Crippen molar-refractivity contribution in [2.24, 2.45) is 0 Å². The van der Waals surface area contributed by atoms with Gasteiger partial charge in [0.15, 0.2) is 0 Å². The Morgan fingerprint density at radius 2 is 1.65 bits per heavy atom. The summed E-state index contributed by atoms with van der Waals surface area (Å²) in [6, 6.07) is 19.1. The maximum Gasteiger partial charge on any atom is 0.244 e. The van der Waals surface area contributed by atoms with E-state index in [1.54, 1.807) is 31.2 Å². The van der Waals surface area contributed by atoms with Gasteiger partial charge in [0, 0.05) is 29.1 Å². The molecule has 1 atom stereocenters. The van der Waals surface area contributed by atoms with Gasteiger partial charge in [-0.05, 0) is 67.1 Å². The monoisotopic (exact) mass is 643 g/mol. The minimum atomic E-state index is -3.86. The van der Waals surface area contributed by atoms with E-state index in [2.05, 4.69) is 5.32 Å². The predicted octanol–water partition coefficient (Wildman–Crippen LogP) is 6.47. The van der Waals surface area contributed by atoms with Crippen LogP contribution in [0.5, 0.6) is 0 Å². The molecule has 1 aliphatic rings. The molecule has 0 radical (unpaired) electrons. The summed E-state index contributed by atoms with van der Waals surface area (Å²) in [5.74, 6) is -0.788. The molecule has 230 valence electrons. The molecule has 0 spiro atoms. The maximum atomic E-state index is 14.4. The number of benzene rings is 3. The zero-order valence-electron chi connectivity index (χ0n) is 24.9. The molecular weight excluding hydrogens is 605 g/mol. The van der Waals surface area contributed by atoms with Crippen molar-refractivity contribution in [3.05, 3.63) is 99.0 Å². The summed E-state index contributed by atoms with van der Waals surface area (Å²) in [5.41, 5.74) is 3.47. The molecule has 1 aliphatic carbocycles. The summed E-state index contributed by atoms with van der Waals surface area (Å²) in [6.45, 7) is 3.19. The highest BCUT2D eigenvalue weighted by molar-refractivity contribution is 7.92. The molecule has 0 aromatic heterocycles. The van der Waals surface area contributed by atoms with Gasteiger partial charge in [0.2, 0.25) is 21.8 Å². The van der Waals surface area contributed by atoms with Crippen LogP contribution in [0.3, 0.4) is 0 Å². The van der Waals surface area contributed by atoms with Crippen LogP contribution in [0, 0.1) is 13.8 Å². The van der Waals surface area contributed by atoms with Gasteiger partial charge in [-0.1, -0.05) is 91.0 Å². The minimum absolute atomic E-state index is 0.00513. The summed E-state index contributed by atoms with van der Waals surface area (Å²) >= 11 is 12.7. The van der Waals surface area contributed by atoms with Crippen molar-refractivity contribution >= 4 is 50.7 Å². The largest absolute Gasteiger partial charge is 0.352 e. The molecule has 43 heavy (non-hydrogen) atoms. The van der Waals surface area contributed by atoms with Crippen molar-refractivity contribution < 1.29 is 18.0 Å². The zero-order chi connectivity index (χ0) is 31.1. The van der Waals surface area contributed by atoms with E-state index in [0.29, 0.717) is 26.9 Å². The molecule has 3 aromatic carbocycles.